The van der Waals surface area contributed by atoms with Gasteiger partial charge in [0.2, 0.25) is 23.2 Å². The van der Waals surface area contributed by atoms with Gasteiger partial charge in [-0.05, 0) is 140 Å². The molecular formula is C48H76N8O6. The highest BCUT2D eigenvalue weighted by molar-refractivity contribution is 5.93. The summed E-state index contributed by atoms with van der Waals surface area (Å²) in [6.07, 6.45) is 21.4. The molecule has 2 aromatic rings. The van der Waals surface area contributed by atoms with E-state index in [1.807, 2.05) is 0 Å². The number of fused-ring (bicyclic) bond motifs is 6. The third-order valence-electron chi connectivity index (χ3n) is 15.7. The van der Waals surface area contributed by atoms with E-state index in [1.54, 1.807) is 11.6 Å². The van der Waals surface area contributed by atoms with Crippen molar-refractivity contribution in [3.05, 3.63) is 33.9 Å². The summed E-state index contributed by atoms with van der Waals surface area (Å²) in [7, 11) is 0. The number of unbranched alkanes of at least 4 members (excludes halogenated alkanes) is 2. The molecule has 0 saturated heterocycles. The lowest BCUT2D eigenvalue weighted by atomic mass is 9.47. The van der Waals surface area contributed by atoms with Gasteiger partial charge in [-0.3, -0.25) is 24.5 Å². The van der Waals surface area contributed by atoms with Crippen LogP contribution < -0.4 is 26.6 Å². The normalized spacial score (nSPS) is 27.1. The van der Waals surface area contributed by atoms with Crippen molar-refractivity contribution in [1.82, 2.24) is 31.6 Å². The predicted molar refractivity (Wildman–Crippen MR) is 243 cm³/mol. The van der Waals surface area contributed by atoms with Crippen LogP contribution in [0.15, 0.2) is 28.4 Å². The number of benzene rings is 1. The maximum atomic E-state index is 12.4. The summed E-state index contributed by atoms with van der Waals surface area (Å²) >= 11 is 0. The number of amides is 3. The minimum Gasteiger partial charge on any atom is -0.383 e. The number of hydrogen-bond donors (Lipinski definition) is 5. The molecule has 6 rings (SSSR count). The van der Waals surface area contributed by atoms with Gasteiger partial charge in [-0.2, -0.15) is 0 Å². The first kappa shape index (κ1) is 47.4. The minimum absolute atomic E-state index is 0.0712. The van der Waals surface area contributed by atoms with E-state index in [2.05, 4.69) is 82.2 Å². The molecule has 14 heteroatoms. The van der Waals surface area contributed by atoms with Crippen LogP contribution in [0.2, 0.25) is 0 Å². The first-order valence-corrected chi connectivity index (χ1v) is 24.2. The zero-order valence-corrected chi connectivity index (χ0v) is 38.3. The standard InChI is InChI=1S/C48H76N8O6/c1-32(2)11-9-12-33(3)37-16-17-38-36-15-14-34-31-35(20-24-47(34,4)39(36)21-25-48(37,38)5)49-27-10-28-51-43(58)22-30-53-44(59)23-29-52-42(57)13-7-6-8-26-50-40-18-19-41(56(60)61)46-45(40)54-62-55-46/h14,18-19,32-33,35-39,49-50H,6-13,15-17,20-31H2,1-5H3,(H,51,58)(H,52,57)(H,53,59)/t33?,35?,36?,37-,38?,39?,47+,48-/m1/s1. The van der Waals surface area contributed by atoms with Crippen LogP contribution in [0.3, 0.4) is 0 Å². The molecule has 3 amide bonds. The molecule has 344 valence electrons. The number of nitro benzene ring substituents is 1. The maximum absolute atomic E-state index is 12.4. The third-order valence-corrected chi connectivity index (χ3v) is 15.7. The molecule has 3 fully saturated rings. The molecule has 0 aliphatic heterocycles. The van der Waals surface area contributed by atoms with Crippen molar-refractivity contribution in [3.63, 3.8) is 0 Å². The number of rotatable bonds is 24. The molecule has 3 saturated carbocycles. The Morgan fingerprint density at radius 2 is 1.52 bits per heavy atom. The third kappa shape index (κ3) is 11.7. The second-order valence-corrected chi connectivity index (χ2v) is 20.2. The summed E-state index contributed by atoms with van der Waals surface area (Å²) in [6.45, 7) is 15.2. The summed E-state index contributed by atoms with van der Waals surface area (Å²) in [5, 5.41) is 34.1. The predicted octanol–water partition coefficient (Wildman–Crippen LogP) is 8.62. The van der Waals surface area contributed by atoms with E-state index in [4.69, 9.17) is 0 Å². The Bertz CT molecular complexity index is 1860. The lowest BCUT2D eigenvalue weighted by Crippen LogP contribution is -2.51. The highest BCUT2D eigenvalue weighted by atomic mass is 16.6. The van der Waals surface area contributed by atoms with Gasteiger partial charge in [0, 0.05) is 57.5 Å². The largest absolute Gasteiger partial charge is 0.383 e. The molecule has 4 aliphatic rings. The molecule has 0 bridgehead atoms. The van der Waals surface area contributed by atoms with Gasteiger partial charge >= 0.3 is 5.69 Å². The number of carbonyl (C=O) groups excluding carboxylic acids is 3. The van der Waals surface area contributed by atoms with Crippen LogP contribution in [0.1, 0.15) is 150 Å². The molecular weight excluding hydrogens is 785 g/mol. The van der Waals surface area contributed by atoms with Crippen LogP contribution in [0.4, 0.5) is 11.4 Å². The fourth-order valence-electron chi connectivity index (χ4n) is 12.3. The van der Waals surface area contributed by atoms with Crippen LogP contribution in [0, 0.1) is 56.5 Å². The summed E-state index contributed by atoms with van der Waals surface area (Å²) in [5.41, 5.74) is 3.45. The first-order valence-electron chi connectivity index (χ1n) is 24.2. The SMILES string of the molecule is CC(C)CCCC(C)[C@H]1CCC2C3CC=C4CC(NCCCNC(=O)CCNC(=O)CCNC(=O)CCCCCNc5ccc([N+](=O)[O-])c6nonc56)CC[C@]4(C)C3CC[C@@]21C. The van der Waals surface area contributed by atoms with Gasteiger partial charge < -0.3 is 26.6 Å². The molecule has 14 nitrogen and oxygen atoms in total. The zero-order valence-electron chi connectivity index (χ0n) is 38.3. The van der Waals surface area contributed by atoms with Gasteiger partial charge in [0.25, 0.3) is 0 Å². The lowest BCUT2D eigenvalue weighted by molar-refractivity contribution is -0.383. The molecule has 1 aromatic heterocycles. The van der Waals surface area contributed by atoms with E-state index < -0.39 is 4.92 Å². The fourth-order valence-corrected chi connectivity index (χ4v) is 12.3. The molecule has 0 radical (unpaired) electrons. The molecule has 8 atom stereocenters. The number of nitrogens with zero attached hydrogens (tertiary/aromatic N) is 3. The first-order chi connectivity index (χ1) is 29.8. The van der Waals surface area contributed by atoms with Gasteiger partial charge in [-0.1, -0.05) is 72.0 Å². The van der Waals surface area contributed by atoms with Crippen LogP contribution in [-0.2, 0) is 14.4 Å². The number of anilines is 1. The second kappa shape index (κ2) is 22.0. The monoisotopic (exact) mass is 861 g/mol. The summed E-state index contributed by atoms with van der Waals surface area (Å²) < 4.78 is 4.68. The van der Waals surface area contributed by atoms with Gasteiger partial charge in [0.1, 0.15) is 0 Å². The van der Waals surface area contributed by atoms with Gasteiger partial charge in [-0.25, -0.2) is 4.63 Å². The highest BCUT2D eigenvalue weighted by Gasteiger charge is 2.59. The molecule has 0 spiro atoms. The van der Waals surface area contributed by atoms with Crippen molar-refractivity contribution in [1.29, 1.82) is 0 Å². The lowest BCUT2D eigenvalue weighted by Gasteiger charge is -2.58. The van der Waals surface area contributed by atoms with Crippen LogP contribution >= 0.6 is 0 Å². The minimum atomic E-state index is -0.526. The Hall–Kier alpha value is -4.07. The van der Waals surface area contributed by atoms with E-state index in [0.29, 0.717) is 54.0 Å². The molecule has 5 unspecified atom stereocenters. The quantitative estimate of drug-likeness (QED) is 0.0295. The highest BCUT2D eigenvalue weighted by Crippen LogP contribution is 2.67. The molecule has 1 aromatic carbocycles. The molecule has 1 heterocycles. The Kier molecular flexibility index (Phi) is 16.8. The van der Waals surface area contributed by atoms with E-state index in [-0.39, 0.29) is 54.9 Å². The molecule has 5 N–H and O–H groups in total. The second-order valence-electron chi connectivity index (χ2n) is 20.2. The Morgan fingerprint density at radius 3 is 2.26 bits per heavy atom. The van der Waals surface area contributed by atoms with Crippen molar-refractivity contribution in [2.24, 2.45) is 46.3 Å². The van der Waals surface area contributed by atoms with Gasteiger partial charge in [-0.15, -0.1) is 0 Å². The number of carbonyl (C=O) groups is 3. The van der Waals surface area contributed by atoms with Crippen molar-refractivity contribution >= 4 is 40.1 Å². The number of aromatic nitrogens is 2. The van der Waals surface area contributed by atoms with Crippen molar-refractivity contribution in [2.75, 3.05) is 38.0 Å². The van der Waals surface area contributed by atoms with E-state index in [1.165, 1.54) is 70.3 Å². The average molecular weight is 861 g/mol. The fraction of sp³-hybridized carbons (Fsp3) is 0.771. The van der Waals surface area contributed by atoms with E-state index in [0.717, 1.165) is 67.7 Å². The Labute approximate surface area is 369 Å². The number of allylic oxidation sites excluding steroid dienone is 1. The van der Waals surface area contributed by atoms with Gasteiger partial charge in [0.15, 0.2) is 5.52 Å². The van der Waals surface area contributed by atoms with Crippen LogP contribution in [-0.4, -0.2) is 71.7 Å². The van der Waals surface area contributed by atoms with Crippen molar-refractivity contribution in [2.45, 2.75) is 156 Å². The number of nitrogens with one attached hydrogen (secondary N) is 5. The molecule has 62 heavy (non-hydrogen) atoms. The topological polar surface area (TPSA) is 193 Å². The van der Waals surface area contributed by atoms with Crippen LogP contribution in [0.25, 0.3) is 11.0 Å². The summed E-state index contributed by atoms with van der Waals surface area (Å²) in [4.78, 5) is 47.6. The average Bonchev–Trinajstić information content (AvgIpc) is 3.87. The Balaban J connectivity index is 0.772. The summed E-state index contributed by atoms with van der Waals surface area (Å²) in [6, 6.07) is 3.45. The molecule has 4 aliphatic carbocycles. The van der Waals surface area contributed by atoms with Crippen LogP contribution in [0.5, 0.6) is 0 Å². The van der Waals surface area contributed by atoms with E-state index in [9.17, 15) is 24.5 Å². The van der Waals surface area contributed by atoms with Crippen molar-refractivity contribution in [3.8, 4) is 0 Å². The van der Waals surface area contributed by atoms with E-state index >= 15 is 0 Å². The maximum Gasteiger partial charge on any atom is 0.300 e. The Morgan fingerprint density at radius 1 is 0.790 bits per heavy atom. The van der Waals surface area contributed by atoms with Crippen molar-refractivity contribution < 1.29 is 23.9 Å². The number of non-ortho nitro benzene ring substituents is 1. The summed E-state index contributed by atoms with van der Waals surface area (Å²) in [5.74, 6) is 4.78. The zero-order chi connectivity index (χ0) is 44.3. The smallest absolute Gasteiger partial charge is 0.300 e. The number of hydrogen-bond acceptors (Lipinski definition) is 10. The van der Waals surface area contributed by atoms with Gasteiger partial charge in [0.05, 0.1) is 10.6 Å². The number of nitro groups is 1.